The molecule has 2 aromatic rings. The minimum Gasteiger partial charge on any atom is -0.496 e. The maximum atomic E-state index is 9.53. The van der Waals surface area contributed by atoms with Gasteiger partial charge in [-0.2, -0.15) is 4.98 Å². The molecule has 2 N–H and O–H groups in total. The molecule has 1 aliphatic rings. The fourth-order valence-corrected chi connectivity index (χ4v) is 2.37. The van der Waals surface area contributed by atoms with Crippen LogP contribution in [0.25, 0.3) is 11.4 Å². The van der Waals surface area contributed by atoms with E-state index in [0.29, 0.717) is 24.7 Å². The molecule has 0 saturated carbocycles. The zero-order valence-corrected chi connectivity index (χ0v) is 11.5. The summed E-state index contributed by atoms with van der Waals surface area (Å²) in [5.74, 6) is 1.72. The smallest absolute Gasteiger partial charge is 0.244 e. The fourth-order valence-electron chi connectivity index (χ4n) is 2.37. The molecule has 3 rings (SSSR count). The Bertz CT molecular complexity index is 611. The third-order valence-electron chi connectivity index (χ3n) is 3.45. The highest BCUT2D eigenvalue weighted by atomic mass is 16.5. The van der Waals surface area contributed by atoms with Crippen molar-refractivity contribution in [2.24, 2.45) is 0 Å². The summed E-state index contributed by atoms with van der Waals surface area (Å²) in [6, 6.07) is 5.75. The van der Waals surface area contributed by atoms with Crippen molar-refractivity contribution in [1.82, 2.24) is 15.5 Å². The fraction of sp³-hybridized carbons (Fsp3) is 0.429. The van der Waals surface area contributed by atoms with E-state index in [9.17, 15) is 5.11 Å². The molecule has 6 heteroatoms. The van der Waals surface area contributed by atoms with Crippen molar-refractivity contribution in [2.75, 3.05) is 13.7 Å². The summed E-state index contributed by atoms with van der Waals surface area (Å²) < 4.78 is 10.6. The van der Waals surface area contributed by atoms with E-state index in [1.807, 2.05) is 25.1 Å². The van der Waals surface area contributed by atoms with Gasteiger partial charge in [0.05, 0.1) is 24.8 Å². The zero-order chi connectivity index (χ0) is 14.1. The number of hydrogen-bond donors (Lipinski definition) is 2. The van der Waals surface area contributed by atoms with Gasteiger partial charge in [0, 0.05) is 6.54 Å². The van der Waals surface area contributed by atoms with Crippen LogP contribution in [0.15, 0.2) is 22.7 Å². The van der Waals surface area contributed by atoms with Gasteiger partial charge in [0.2, 0.25) is 11.7 Å². The van der Waals surface area contributed by atoms with Crippen LogP contribution in [0.4, 0.5) is 0 Å². The number of aliphatic hydroxyl groups excluding tert-OH is 1. The molecule has 1 aromatic carbocycles. The van der Waals surface area contributed by atoms with Gasteiger partial charge in [0.25, 0.3) is 0 Å². The highest BCUT2D eigenvalue weighted by Crippen LogP contribution is 2.30. The number of ether oxygens (including phenoxy) is 1. The van der Waals surface area contributed by atoms with E-state index in [0.717, 1.165) is 16.9 Å². The molecule has 0 unspecified atom stereocenters. The topological polar surface area (TPSA) is 80.4 Å². The standard InChI is InChI=1S/C14H17N3O3/c1-8-3-4-10(12(5-8)19-2)13-16-14(20-17-13)11-6-9(18)7-15-11/h3-5,9,11,15,18H,6-7H2,1-2H3/t9-,11-/m0/s1. The van der Waals surface area contributed by atoms with Crippen molar-refractivity contribution >= 4 is 0 Å². The zero-order valence-electron chi connectivity index (χ0n) is 11.5. The largest absolute Gasteiger partial charge is 0.496 e. The van der Waals surface area contributed by atoms with Crippen molar-refractivity contribution in [3.8, 4) is 17.1 Å². The number of methoxy groups -OCH3 is 1. The van der Waals surface area contributed by atoms with Gasteiger partial charge in [-0.05, 0) is 31.0 Å². The molecule has 2 atom stereocenters. The van der Waals surface area contributed by atoms with Gasteiger partial charge >= 0.3 is 0 Å². The first-order chi connectivity index (χ1) is 9.67. The molecule has 106 valence electrons. The molecular weight excluding hydrogens is 258 g/mol. The van der Waals surface area contributed by atoms with Crippen molar-refractivity contribution in [3.63, 3.8) is 0 Å². The Morgan fingerprint density at radius 2 is 2.30 bits per heavy atom. The van der Waals surface area contributed by atoms with Crippen LogP contribution in [0, 0.1) is 6.92 Å². The second-order valence-corrected chi connectivity index (χ2v) is 5.01. The lowest BCUT2D eigenvalue weighted by Gasteiger charge is -2.05. The molecule has 1 saturated heterocycles. The molecular formula is C14H17N3O3. The van der Waals surface area contributed by atoms with Crippen molar-refractivity contribution in [2.45, 2.75) is 25.5 Å². The monoisotopic (exact) mass is 275 g/mol. The van der Waals surface area contributed by atoms with Crippen LogP contribution in [0.3, 0.4) is 0 Å². The molecule has 1 aromatic heterocycles. The Morgan fingerprint density at radius 1 is 1.45 bits per heavy atom. The SMILES string of the molecule is COc1cc(C)ccc1-c1noc([C@@H]2C[C@H](O)CN2)n1. The molecule has 0 amide bonds. The highest BCUT2D eigenvalue weighted by Gasteiger charge is 2.28. The number of nitrogens with one attached hydrogen (secondary N) is 1. The second kappa shape index (κ2) is 5.22. The van der Waals surface area contributed by atoms with Crippen molar-refractivity contribution < 1.29 is 14.4 Å². The number of hydrogen-bond acceptors (Lipinski definition) is 6. The number of benzene rings is 1. The Morgan fingerprint density at radius 3 is 3.00 bits per heavy atom. The lowest BCUT2D eigenvalue weighted by molar-refractivity contribution is 0.191. The highest BCUT2D eigenvalue weighted by molar-refractivity contribution is 5.64. The van der Waals surface area contributed by atoms with Gasteiger partial charge in [-0.15, -0.1) is 0 Å². The molecule has 2 heterocycles. The lowest BCUT2D eigenvalue weighted by atomic mass is 10.1. The number of rotatable bonds is 3. The third-order valence-corrected chi connectivity index (χ3v) is 3.45. The number of aromatic nitrogens is 2. The van der Waals surface area contributed by atoms with E-state index in [2.05, 4.69) is 15.5 Å². The van der Waals surface area contributed by atoms with E-state index in [1.165, 1.54) is 0 Å². The number of aryl methyl sites for hydroxylation is 1. The first-order valence-electron chi connectivity index (χ1n) is 6.57. The predicted molar refractivity (Wildman–Crippen MR) is 72.4 cm³/mol. The summed E-state index contributed by atoms with van der Waals surface area (Å²) in [5, 5.41) is 16.7. The first kappa shape index (κ1) is 13.1. The van der Waals surface area contributed by atoms with Crippen LogP contribution in [0.2, 0.25) is 0 Å². The van der Waals surface area contributed by atoms with Crippen LogP contribution in [0.5, 0.6) is 5.75 Å². The van der Waals surface area contributed by atoms with Gasteiger partial charge in [-0.1, -0.05) is 11.2 Å². The van der Waals surface area contributed by atoms with Crippen LogP contribution < -0.4 is 10.1 Å². The van der Waals surface area contributed by atoms with Crippen LogP contribution in [-0.4, -0.2) is 35.0 Å². The molecule has 1 aliphatic heterocycles. The average Bonchev–Trinajstić information content (AvgIpc) is 3.07. The number of β-amino-alcohol motifs (C(OH)–C–C–N with tert-alkyl or cyclic N) is 1. The maximum Gasteiger partial charge on any atom is 0.244 e. The molecule has 1 fully saturated rings. The van der Waals surface area contributed by atoms with Gasteiger partial charge in [-0.25, -0.2) is 0 Å². The first-order valence-corrected chi connectivity index (χ1v) is 6.57. The maximum absolute atomic E-state index is 9.53. The van der Waals surface area contributed by atoms with E-state index in [4.69, 9.17) is 9.26 Å². The number of aliphatic hydroxyl groups is 1. The Hall–Kier alpha value is -1.92. The summed E-state index contributed by atoms with van der Waals surface area (Å²) in [4.78, 5) is 4.40. The van der Waals surface area contributed by atoms with Crippen LogP contribution >= 0.6 is 0 Å². The van der Waals surface area contributed by atoms with E-state index >= 15 is 0 Å². The lowest BCUT2D eigenvalue weighted by Crippen LogP contribution is -2.15. The Labute approximate surface area is 116 Å². The molecule has 0 aliphatic carbocycles. The van der Waals surface area contributed by atoms with Crippen molar-refractivity contribution in [1.29, 1.82) is 0 Å². The molecule has 0 radical (unpaired) electrons. The Balaban J connectivity index is 1.90. The van der Waals surface area contributed by atoms with Gasteiger partial charge in [-0.3, -0.25) is 0 Å². The van der Waals surface area contributed by atoms with Gasteiger partial charge in [0.1, 0.15) is 5.75 Å². The molecule has 0 bridgehead atoms. The minimum atomic E-state index is -0.357. The van der Waals surface area contributed by atoms with Crippen LogP contribution in [0.1, 0.15) is 23.9 Å². The van der Waals surface area contributed by atoms with Gasteiger partial charge in [0.15, 0.2) is 0 Å². The molecule has 6 nitrogen and oxygen atoms in total. The van der Waals surface area contributed by atoms with Crippen molar-refractivity contribution in [3.05, 3.63) is 29.7 Å². The minimum absolute atomic E-state index is 0.0808. The summed E-state index contributed by atoms with van der Waals surface area (Å²) in [7, 11) is 1.62. The summed E-state index contributed by atoms with van der Waals surface area (Å²) in [6.07, 6.45) is 0.233. The predicted octanol–water partition coefficient (Wildman–Crippen LogP) is 1.45. The molecule has 0 spiro atoms. The average molecular weight is 275 g/mol. The third kappa shape index (κ3) is 2.39. The van der Waals surface area contributed by atoms with Crippen LogP contribution in [-0.2, 0) is 0 Å². The summed E-state index contributed by atoms with van der Waals surface area (Å²) >= 11 is 0. The van der Waals surface area contributed by atoms with E-state index in [1.54, 1.807) is 7.11 Å². The van der Waals surface area contributed by atoms with E-state index in [-0.39, 0.29) is 12.1 Å². The number of nitrogens with zero attached hydrogens (tertiary/aromatic N) is 2. The second-order valence-electron chi connectivity index (χ2n) is 5.01. The quantitative estimate of drug-likeness (QED) is 0.882. The summed E-state index contributed by atoms with van der Waals surface area (Å²) in [5.41, 5.74) is 1.90. The van der Waals surface area contributed by atoms with E-state index < -0.39 is 0 Å². The van der Waals surface area contributed by atoms with Gasteiger partial charge < -0.3 is 19.7 Å². The Kier molecular flexibility index (Phi) is 3.42. The summed E-state index contributed by atoms with van der Waals surface area (Å²) in [6.45, 7) is 2.55. The molecule has 20 heavy (non-hydrogen) atoms. The normalized spacial score (nSPS) is 22.1.